The molecule has 72 valence electrons. The largest absolute Gasteiger partial charge is 0.398 e. The van der Waals surface area contributed by atoms with E-state index in [0.717, 1.165) is 3.57 Å². The van der Waals surface area contributed by atoms with Crippen molar-refractivity contribution in [3.63, 3.8) is 0 Å². The highest BCUT2D eigenvalue weighted by Gasteiger charge is 2.15. The molecule has 1 rings (SSSR count). The fourth-order valence-electron chi connectivity index (χ4n) is 0.743. The topological polar surface area (TPSA) is 80.4 Å². The normalized spacial score (nSPS) is 11.6. The number of anilines is 1. The summed E-state index contributed by atoms with van der Waals surface area (Å²) < 4.78 is 31.6. The van der Waals surface area contributed by atoms with Gasteiger partial charge in [0.2, 0.25) is 0 Å². The van der Waals surface area contributed by atoms with Gasteiger partial charge in [0.1, 0.15) is 4.90 Å². The number of halogens is 2. The Kier molecular flexibility index (Phi) is 3.41. The van der Waals surface area contributed by atoms with Crippen molar-refractivity contribution in [3.8, 4) is 0 Å². The second kappa shape index (κ2) is 3.87. The minimum Gasteiger partial charge on any atom is -0.398 e. The Bertz CT molecular complexity index is 443. The number of benzene rings is 1. The Balaban J connectivity index is 3.50. The summed E-state index contributed by atoms with van der Waals surface area (Å²) in [7, 11) is -4.16. The molecule has 0 saturated heterocycles. The first-order valence-electron chi connectivity index (χ1n) is 3.04. The first-order valence-corrected chi connectivity index (χ1v) is 6.64. The third kappa shape index (κ3) is 2.67. The van der Waals surface area contributed by atoms with Crippen LogP contribution in [0.5, 0.6) is 0 Å². The van der Waals surface area contributed by atoms with Crippen LogP contribution in [-0.4, -0.2) is 13.0 Å². The van der Waals surface area contributed by atoms with Crippen LogP contribution in [-0.2, 0) is 10.1 Å². The van der Waals surface area contributed by atoms with E-state index in [2.05, 4.69) is 0 Å². The number of nitrogens with two attached hydrogens (primary N) is 1. The van der Waals surface area contributed by atoms with Crippen molar-refractivity contribution >= 4 is 61.0 Å². The van der Waals surface area contributed by atoms with E-state index in [1.807, 2.05) is 45.2 Å². The lowest BCUT2D eigenvalue weighted by molar-refractivity contribution is 0.482. The van der Waals surface area contributed by atoms with Gasteiger partial charge in [-0.05, 0) is 57.3 Å². The van der Waals surface area contributed by atoms with Crippen LogP contribution < -0.4 is 5.73 Å². The molecule has 1 aromatic carbocycles. The maximum Gasteiger partial charge on any atom is 0.295 e. The molecular weight excluding hydrogens is 420 g/mol. The fraction of sp³-hybridized carbons (Fsp3) is 0. The van der Waals surface area contributed by atoms with Gasteiger partial charge >= 0.3 is 0 Å². The molecule has 3 N–H and O–H groups in total. The van der Waals surface area contributed by atoms with Crippen LogP contribution >= 0.6 is 45.2 Å². The van der Waals surface area contributed by atoms with Gasteiger partial charge in [-0.3, -0.25) is 4.55 Å². The van der Waals surface area contributed by atoms with E-state index in [1.54, 1.807) is 6.07 Å². The highest BCUT2D eigenvalue weighted by molar-refractivity contribution is 14.1. The summed E-state index contributed by atoms with van der Waals surface area (Å²) in [5.41, 5.74) is 5.84. The molecule has 0 atom stereocenters. The van der Waals surface area contributed by atoms with Gasteiger partial charge in [0.25, 0.3) is 10.1 Å². The van der Waals surface area contributed by atoms with Crippen molar-refractivity contribution in [3.05, 3.63) is 19.3 Å². The van der Waals surface area contributed by atoms with Gasteiger partial charge in [0, 0.05) is 12.8 Å². The summed E-state index contributed by atoms with van der Waals surface area (Å²) >= 11 is 3.82. The van der Waals surface area contributed by atoms with E-state index in [-0.39, 0.29) is 4.90 Å². The van der Waals surface area contributed by atoms with Crippen LogP contribution in [0.3, 0.4) is 0 Å². The van der Waals surface area contributed by atoms with E-state index in [4.69, 9.17) is 10.3 Å². The Hall–Kier alpha value is 0.390. The molecule has 4 nitrogen and oxygen atoms in total. The monoisotopic (exact) mass is 425 g/mol. The smallest absolute Gasteiger partial charge is 0.295 e. The summed E-state index contributed by atoms with van der Waals surface area (Å²) in [6, 6.07) is 2.85. The Labute approximate surface area is 103 Å². The van der Waals surface area contributed by atoms with Crippen LogP contribution in [0.15, 0.2) is 17.0 Å². The Morgan fingerprint density at radius 2 is 1.77 bits per heavy atom. The van der Waals surface area contributed by atoms with Crippen molar-refractivity contribution in [1.29, 1.82) is 0 Å². The second-order valence-corrected chi connectivity index (χ2v) is 5.99. The molecule has 0 spiro atoms. The lowest BCUT2D eigenvalue weighted by Gasteiger charge is -2.04. The second-order valence-electron chi connectivity index (χ2n) is 2.28. The minimum atomic E-state index is -4.16. The Morgan fingerprint density at radius 3 is 2.23 bits per heavy atom. The molecule has 0 radical (unpaired) electrons. The molecule has 1 aromatic rings. The third-order valence-corrected chi connectivity index (χ3v) is 4.42. The lowest BCUT2D eigenvalue weighted by Crippen LogP contribution is -2.03. The van der Waals surface area contributed by atoms with Crippen LogP contribution in [0.4, 0.5) is 5.69 Å². The van der Waals surface area contributed by atoms with Gasteiger partial charge < -0.3 is 5.73 Å². The van der Waals surface area contributed by atoms with Crippen molar-refractivity contribution in [2.24, 2.45) is 0 Å². The molecule has 0 aromatic heterocycles. The third-order valence-electron chi connectivity index (χ3n) is 1.33. The van der Waals surface area contributed by atoms with Crippen LogP contribution in [0.2, 0.25) is 0 Å². The van der Waals surface area contributed by atoms with E-state index in [1.165, 1.54) is 6.07 Å². The van der Waals surface area contributed by atoms with Gasteiger partial charge in [-0.1, -0.05) is 0 Å². The fourth-order valence-corrected chi connectivity index (χ4v) is 3.69. The van der Waals surface area contributed by atoms with Crippen molar-refractivity contribution in [2.45, 2.75) is 4.90 Å². The van der Waals surface area contributed by atoms with Crippen LogP contribution in [0.25, 0.3) is 0 Å². The van der Waals surface area contributed by atoms with Gasteiger partial charge in [-0.15, -0.1) is 0 Å². The Morgan fingerprint density at radius 1 is 1.23 bits per heavy atom. The molecule has 0 bridgehead atoms. The number of hydrogen-bond donors (Lipinski definition) is 2. The molecule has 0 aliphatic heterocycles. The van der Waals surface area contributed by atoms with Gasteiger partial charge in [0.05, 0.1) is 0 Å². The molecule has 0 saturated carbocycles. The predicted octanol–water partition coefficient (Wildman–Crippen LogP) is 1.72. The van der Waals surface area contributed by atoms with Crippen LogP contribution in [0, 0.1) is 7.14 Å². The average molecular weight is 425 g/mol. The molecule has 0 amide bonds. The molecule has 7 heteroatoms. The summed E-state index contributed by atoms with van der Waals surface area (Å²) in [5.74, 6) is 0. The molecule has 0 aliphatic carbocycles. The number of nitrogen functional groups attached to an aromatic ring is 1. The zero-order valence-corrected chi connectivity index (χ0v) is 11.3. The van der Waals surface area contributed by atoms with Crippen molar-refractivity contribution < 1.29 is 13.0 Å². The highest BCUT2D eigenvalue weighted by Crippen LogP contribution is 2.25. The zero-order chi connectivity index (χ0) is 10.2. The first-order chi connectivity index (χ1) is 5.82. The molecule has 0 unspecified atom stereocenters. The van der Waals surface area contributed by atoms with Gasteiger partial charge in [0.15, 0.2) is 0 Å². The zero-order valence-electron chi connectivity index (χ0n) is 6.16. The molecule has 13 heavy (non-hydrogen) atoms. The van der Waals surface area contributed by atoms with E-state index in [0.29, 0.717) is 9.26 Å². The first kappa shape index (κ1) is 11.5. The van der Waals surface area contributed by atoms with E-state index in [9.17, 15) is 8.42 Å². The summed E-state index contributed by atoms with van der Waals surface area (Å²) in [4.78, 5) is -0.147. The predicted molar refractivity (Wildman–Crippen MR) is 66.1 cm³/mol. The lowest BCUT2D eigenvalue weighted by atomic mass is 10.3. The number of hydrogen-bond acceptors (Lipinski definition) is 3. The average Bonchev–Trinajstić information content (AvgIpc) is 1.94. The molecule has 0 heterocycles. The number of rotatable bonds is 1. The summed E-state index contributed by atoms with van der Waals surface area (Å²) in [6.07, 6.45) is 0. The van der Waals surface area contributed by atoms with Crippen LogP contribution in [0.1, 0.15) is 0 Å². The SMILES string of the molecule is Nc1cc(S(=O)(=O)O)c(I)cc1I. The maximum atomic E-state index is 10.8. The molecule has 0 fully saturated rings. The van der Waals surface area contributed by atoms with Crippen molar-refractivity contribution in [1.82, 2.24) is 0 Å². The van der Waals surface area contributed by atoms with E-state index < -0.39 is 10.1 Å². The van der Waals surface area contributed by atoms with Gasteiger partial charge in [-0.2, -0.15) is 8.42 Å². The van der Waals surface area contributed by atoms with Crippen molar-refractivity contribution in [2.75, 3.05) is 5.73 Å². The molecular formula is C6H5I2NO3S. The maximum absolute atomic E-state index is 10.8. The quantitative estimate of drug-likeness (QED) is 0.408. The van der Waals surface area contributed by atoms with Gasteiger partial charge in [-0.25, -0.2) is 0 Å². The summed E-state index contributed by atoms with van der Waals surface area (Å²) in [6.45, 7) is 0. The highest BCUT2D eigenvalue weighted by atomic mass is 127. The standard InChI is InChI=1S/C6H5I2NO3S/c7-3-1-4(8)6(2-5(3)9)13(10,11)12/h1-2H,9H2,(H,10,11,12). The summed E-state index contributed by atoms with van der Waals surface area (Å²) in [5, 5.41) is 0. The van der Waals surface area contributed by atoms with E-state index >= 15 is 0 Å². The minimum absolute atomic E-state index is 0.147. The molecule has 0 aliphatic rings.